The summed E-state index contributed by atoms with van der Waals surface area (Å²) < 4.78 is 41.1. The minimum absolute atomic E-state index is 0.0368. The topological polar surface area (TPSA) is 54.6 Å². The van der Waals surface area contributed by atoms with Gasteiger partial charge in [0.2, 0.25) is 0 Å². The number of halogens is 3. The highest BCUT2D eigenvalue weighted by molar-refractivity contribution is 5.63. The Labute approximate surface area is 150 Å². The highest BCUT2D eigenvalue weighted by Gasteiger charge is 2.37. The predicted octanol–water partition coefficient (Wildman–Crippen LogP) is 3.62. The van der Waals surface area contributed by atoms with Crippen LogP contribution in [0.25, 0.3) is 0 Å². The molecule has 26 heavy (non-hydrogen) atoms. The highest BCUT2D eigenvalue weighted by atomic mass is 19.4. The Balaban J connectivity index is 1.75. The number of hydrogen-bond donors (Lipinski definition) is 1. The number of anilines is 2. The zero-order chi connectivity index (χ0) is 18.9. The molecule has 2 N–H and O–H groups in total. The molecule has 0 atom stereocenters. The lowest BCUT2D eigenvalue weighted by molar-refractivity contribution is -0.274. The third kappa shape index (κ3) is 4.19. The van der Waals surface area contributed by atoms with Crippen LogP contribution >= 0.6 is 0 Å². The first-order chi connectivity index (χ1) is 12.1. The first-order valence-electron chi connectivity index (χ1n) is 8.18. The van der Waals surface area contributed by atoms with E-state index < -0.39 is 6.36 Å². The van der Waals surface area contributed by atoms with Crippen LogP contribution < -0.4 is 15.4 Å². The zero-order valence-corrected chi connectivity index (χ0v) is 14.6. The lowest BCUT2D eigenvalue weighted by Gasteiger charge is -2.29. The number of benzene rings is 1. The molecule has 1 aliphatic heterocycles. The summed E-state index contributed by atoms with van der Waals surface area (Å²) in [6, 6.07) is 8.33. The number of alkyl halides is 3. The van der Waals surface area contributed by atoms with E-state index in [0.717, 1.165) is 24.3 Å². The van der Waals surface area contributed by atoms with Gasteiger partial charge in [0, 0.05) is 36.7 Å². The maximum Gasteiger partial charge on any atom is 0.573 e. The average molecular weight is 366 g/mol. The minimum atomic E-state index is -4.76. The molecular weight excluding hydrogens is 345 g/mol. The second-order valence-electron chi connectivity index (χ2n) is 6.98. The van der Waals surface area contributed by atoms with E-state index in [2.05, 4.69) is 33.4 Å². The molecule has 1 aromatic carbocycles. The smallest absolute Gasteiger partial charge is 0.404 e. The average Bonchev–Trinajstić information content (AvgIpc) is 2.84. The summed E-state index contributed by atoms with van der Waals surface area (Å²) in [6.07, 6.45) is -1.24. The monoisotopic (exact) mass is 366 g/mol. The molecule has 0 bridgehead atoms. The largest absolute Gasteiger partial charge is 0.573 e. The maximum atomic E-state index is 12.4. The van der Waals surface area contributed by atoms with Crippen molar-refractivity contribution < 1.29 is 17.9 Å². The van der Waals surface area contributed by atoms with Crippen molar-refractivity contribution in [2.24, 2.45) is 0 Å². The van der Waals surface area contributed by atoms with Gasteiger partial charge in [-0.25, -0.2) is 0 Å². The molecule has 0 radical (unpaired) electrons. The van der Waals surface area contributed by atoms with Crippen molar-refractivity contribution in [1.82, 2.24) is 9.88 Å². The summed E-state index contributed by atoms with van der Waals surface area (Å²) in [5.74, 6) is -0.381. The molecule has 5 nitrogen and oxygen atoms in total. The molecule has 0 aliphatic carbocycles. The van der Waals surface area contributed by atoms with Crippen molar-refractivity contribution in [3.05, 3.63) is 48.3 Å². The maximum absolute atomic E-state index is 12.4. The van der Waals surface area contributed by atoms with Gasteiger partial charge in [0.25, 0.3) is 0 Å². The predicted molar refractivity (Wildman–Crippen MR) is 93.6 cm³/mol. The van der Waals surface area contributed by atoms with Crippen molar-refractivity contribution in [3.8, 4) is 5.75 Å². The Morgan fingerprint density at radius 3 is 2.50 bits per heavy atom. The van der Waals surface area contributed by atoms with Crippen LogP contribution in [-0.2, 0) is 6.54 Å². The number of ether oxygens (including phenoxy) is 1. The summed E-state index contributed by atoms with van der Waals surface area (Å²) in [7, 11) is 0. The van der Waals surface area contributed by atoms with Crippen LogP contribution in [0.2, 0.25) is 0 Å². The first kappa shape index (κ1) is 18.3. The van der Waals surface area contributed by atoms with E-state index >= 15 is 0 Å². The van der Waals surface area contributed by atoms with Gasteiger partial charge in [-0.3, -0.25) is 9.88 Å². The fourth-order valence-electron chi connectivity index (χ4n) is 3.11. The molecule has 140 valence electrons. The van der Waals surface area contributed by atoms with Gasteiger partial charge >= 0.3 is 6.36 Å². The molecule has 2 aromatic rings. The van der Waals surface area contributed by atoms with E-state index in [1.807, 2.05) is 12.1 Å². The van der Waals surface area contributed by atoms with Crippen molar-refractivity contribution in [2.45, 2.75) is 32.3 Å². The molecule has 3 rings (SSSR count). The number of nitrogens with two attached hydrogens (primary N) is 1. The number of pyridine rings is 1. The lowest BCUT2D eigenvalue weighted by atomic mass is 10.0. The number of nitrogens with zero attached hydrogens (tertiary/aromatic N) is 3. The molecule has 0 amide bonds. The third-order valence-corrected chi connectivity index (χ3v) is 4.48. The van der Waals surface area contributed by atoms with Gasteiger partial charge in [-0.1, -0.05) is 0 Å². The van der Waals surface area contributed by atoms with E-state index in [4.69, 9.17) is 5.73 Å². The molecule has 0 saturated carbocycles. The van der Waals surface area contributed by atoms with Gasteiger partial charge < -0.3 is 15.4 Å². The molecule has 0 spiro atoms. The number of rotatable bonds is 4. The van der Waals surface area contributed by atoms with E-state index in [1.165, 1.54) is 12.1 Å². The Bertz CT molecular complexity index is 765. The van der Waals surface area contributed by atoms with E-state index in [9.17, 15) is 13.2 Å². The van der Waals surface area contributed by atoms with E-state index in [1.54, 1.807) is 18.5 Å². The number of aromatic nitrogens is 1. The quantitative estimate of drug-likeness (QED) is 0.838. The Kier molecular flexibility index (Phi) is 4.70. The number of hydrogen-bond acceptors (Lipinski definition) is 5. The molecule has 0 unspecified atom stereocenters. The van der Waals surface area contributed by atoms with Crippen LogP contribution in [0.5, 0.6) is 5.75 Å². The fraction of sp³-hybridized carbons (Fsp3) is 0.389. The minimum Gasteiger partial charge on any atom is -0.404 e. The third-order valence-electron chi connectivity index (χ3n) is 4.48. The summed E-state index contributed by atoms with van der Waals surface area (Å²) in [4.78, 5) is 8.42. The zero-order valence-electron chi connectivity index (χ0n) is 14.6. The summed E-state index contributed by atoms with van der Waals surface area (Å²) in [5.41, 5.74) is 7.54. The van der Waals surface area contributed by atoms with Crippen LogP contribution in [0, 0.1) is 0 Å². The van der Waals surface area contributed by atoms with Crippen LogP contribution in [0.15, 0.2) is 42.7 Å². The van der Waals surface area contributed by atoms with E-state index in [-0.39, 0.29) is 17.0 Å². The molecular formula is C18H21F3N4O. The summed E-state index contributed by atoms with van der Waals surface area (Å²) in [5, 5.41) is 0. The second kappa shape index (κ2) is 6.68. The lowest BCUT2D eigenvalue weighted by Crippen LogP contribution is -2.39. The SMILES string of the molecule is CC1(C)CN(c2ccc(OC(F)(F)F)c(N)c2)CN1Cc1ccncc1. The Hall–Kier alpha value is -2.48. The van der Waals surface area contributed by atoms with Crippen molar-refractivity contribution >= 4 is 11.4 Å². The van der Waals surface area contributed by atoms with Crippen LogP contribution in [-0.4, -0.2) is 35.0 Å². The standard InChI is InChI=1S/C18H21F3N4O/c1-17(2)11-24(12-25(17)10-13-5-7-23-8-6-13)14-3-4-16(15(22)9-14)26-18(19,20)21/h3-9H,10-12,22H2,1-2H3. The van der Waals surface area contributed by atoms with Gasteiger partial charge in [0.05, 0.1) is 12.4 Å². The normalized spacial score (nSPS) is 17.5. The van der Waals surface area contributed by atoms with Crippen molar-refractivity contribution in [2.75, 3.05) is 23.8 Å². The van der Waals surface area contributed by atoms with Gasteiger partial charge in [0.1, 0.15) is 0 Å². The van der Waals surface area contributed by atoms with Gasteiger partial charge in [-0.15, -0.1) is 13.2 Å². The molecule has 1 saturated heterocycles. The second-order valence-corrected chi connectivity index (χ2v) is 6.98. The molecule has 1 aliphatic rings. The van der Waals surface area contributed by atoms with Gasteiger partial charge in [0.15, 0.2) is 5.75 Å². The van der Waals surface area contributed by atoms with Crippen LogP contribution in [0.3, 0.4) is 0 Å². The Morgan fingerprint density at radius 2 is 1.88 bits per heavy atom. The van der Waals surface area contributed by atoms with Gasteiger partial charge in [-0.2, -0.15) is 0 Å². The molecule has 1 aromatic heterocycles. The summed E-state index contributed by atoms with van der Waals surface area (Å²) >= 11 is 0. The Morgan fingerprint density at radius 1 is 1.19 bits per heavy atom. The molecule has 2 heterocycles. The van der Waals surface area contributed by atoms with Crippen LogP contribution in [0.1, 0.15) is 19.4 Å². The highest BCUT2D eigenvalue weighted by Crippen LogP contribution is 2.35. The van der Waals surface area contributed by atoms with Gasteiger partial charge in [-0.05, 0) is 49.7 Å². The first-order valence-corrected chi connectivity index (χ1v) is 8.18. The van der Waals surface area contributed by atoms with Crippen LogP contribution in [0.4, 0.5) is 24.5 Å². The number of nitrogen functional groups attached to an aromatic ring is 1. The summed E-state index contributed by atoms with van der Waals surface area (Å²) in [6.45, 7) is 6.42. The molecule has 1 fully saturated rings. The van der Waals surface area contributed by atoms with Crippen molar-refractivity contribution in [3.63, 3.8) is 0 Å². The fourth-order valence-corrected chi connectivity index (χ4v) is 3.11. The van der Waals surface area contributed by atoms with Crippen molar-refractivity contribution in [1.29, 1.82) is 0 Å². The van der Waals surface area contributed by atoms with E-state index in [0.29, 0.717) is 6.67 Å². The molecule has 8 heteroatoms.